The molecule has 1 saturated heterocycles. The molecular formula is C31H29N3O6. The van der Waals surface area contributed by atoms with E-state index in [-0.39, 0.29) is 53.6 Å². The third kappa shape index (κ3) is 4.47. The molecule has 3 aliphatic rings. The molecule has 0 aromatic heterocycles. The summed E-state index contributed by atoms with van der Waals surface area (Å²) in [6.45, 7) is 1.69. The van der Waals surface area contributed by atoms with Crippen LogP contribution in [0.1, 0.15) is 67.9 Å². The van der Waals surface area contributed by atoms with E-state index in [9.17, 15) is 19.2 Å². The lowest BCUT2D eigenvalue weighted by Crippen LogP contribution is -2.36. The molecule has 0 unspecified atom stereocenters. The molecule has 40 heavy (non-hydrogen) atoms. The Kier molecular flexibility index (Phi) is 6.71. The summed E-state index contributed by atoms with van der Waals surface area (Å²) in [5, 5.41) is 6.18. The van der Waals surface area contributed by atoms with Gasteiger partial charge in [-0.15, -0.1) is 0 Å². The average molecular weight is 540 g/mol. The summed E-state index contributed by atoms with van der Waals surface area (Å²) >= 11 is 0. The number of anilines is 2. The second-order valence-electron chi connectivity index (χ2n) is 10.2. The predicted molar refractivity (Wildman–Crippen MR) is 149 cm³/mol. The number of nitrogens with one attached hydrogen (secondary N) is 2. The highest BCUT2D eigenvalue weighted by atomic mass is 16.5. The number of carbonyl (C=O) groups excluding carboxylic acids is 4. The van der Waals surface area contributed by atoms with E-state index in [1.54, 1.807) is 54.6 Å². The number of benzene rings is 3. The van der Waals surface area contributed by atoms with Crippen LogP contribution in [0.5, 0.6) is 11.5 Å². The van der Waals surface area contributed by atoms with Crippen LogP contribution in [0.15, 0.2) is 54.6 Å². The Morgan fingerprint density at radius 2 is 1.75 bits per heavy atom. The molecule has 204 valence electrons. The van der Waals surface area contributed by atoms with Gasteiger partial charge in [-0.05, 0) is 31.4 Å². The van der Waals surface area contributed by atoms with Crippen LogP contribution in [-0.2, 0) is 4.79 Å². The fourth-order valence-corrected chi connectivity index (χ4v) is 5.73. The van der Waals surface area contributed by atoms with Crippen molar-refractivity contribution < 1.29 is 28.7 Å². The Labute approximate surface area is 231 Å². The summed E-state index contributed by atoms with van der Waals surface area (Å²) in [5.74, 6) is 0.126. The van der Waals surface area contributed by atoms with E-state index < -0.39 is 0 Å². The molecular weight excluding hydrogens is 510 g/mol. The standard InChI is InChI=1S/C31H29N3O6/c1-39-25-15-22-24(32-17-18-7-5-13-34(18)31(22)38)16-26(25)40-14-6-12-27(35)33-23-11-4-10-21-28(23)30(37)20-9-3-2-8-19(20)29(21)36/h2-4,8-11,15-16,18,32H,5-7,12-14,17H2,1H3,(H,33,35)/t18-/m0/s1. The van der Waals surface area contributed by atoms with Crippen LogP contribution in [0.25, 0.3) is 0 Å². The van der Waals surface area contributed by atoms with E-state index in [1.807, 2.05) is 4.90 Å². The summed E-state index contributed by atoms with van der Waals surface area (Å²) in [6, 6.07) is 15.3. The van der Waals surface area contributed by atoms with Crippen molar-refractivity contribution in [1.29, 1.82) is 0 Å². The number of carbonyl (C=O) groups is 4. The maximum atomic E-state index is 13.2. The lowest BCUT2D eigenvalue weighted by atomic mass is 9.83. The second kappa shape index (κ2) is 10.5. The predicted octanol–water partition coefficient (Wildman–Crippen LogP) is 4.30. The summed E-state index contributed by atoms with van der Waals surface area (Å²) in [6.07, 6.45) is 2.54. The molecule has 0 bridgehead atoms. The van der Waals surface area contributed by atoms with Gasteiger partial charge >= 0.3 is 0 Å². The third-order valence-corrected chi connectivity index (χ3v) is 7.73. The smallest absolute Gasteiger partial charge is 0.256 e. The van der Waals surface area contributed by atoms with Gasteiger partial charge in [-0.3, -0.25) is 19.2 Å². The number of fused-ring (bicyclic) bond motifs is 4. The SMILES string of the molecule is COc1cc2c(cc1OCCCC(=O)Nc1cccc3c1C(=O)c1ccccc1C3=O)NC[C@@H]1CCCN1C2=O. The van der Waals surface area contributed by atoms with Gasteiger partial charge in [0.05, 0.1) is 36.2 Å². The highest BCUT2D eigenvalue weighted by molar-refractivity contribution is 6.30. The molecule has 1 aliphatic carbocycles. The monoisotopic (exact) mass is 539 g/mol. The van der Waals surface area contributed by atoms with Crippen molar-refractivity contribution in [3.8, 4) is 11.5 Å². The molecule has 2 aliphatic heterocycles. The normalized spacial score (nSPS) is 17.2. The minimum Gasteiger partial charge on any atom is -0.493 e. The lowest BCUT2D eigenvalue weighted by molar-refractivity contribution is -0.116. The largest absolute Gasteiger partial charge is 0.493 e. The molecule has 3 aromatic carbocycles. The van der Waals surface area contributed by atoms with Crippen molar-refractivity contribution in [3.63, 3.8) is 0 Å². The van der Waals surface area contributed by atoms with Crippen molar-refractivity contribution in [3.05, 3.63) is 82.4 Å². The number of methoxy groups -OCH3 is 1. The van der Waals surface area contributed by atoms with Crippen LogP contribution in [0.4, 0.5) is 11.4 Å². The van der Waals surface area contributed by atoms with Gasteiger partial charge in [0.25, 0.3) is 5.91 Å². The average Bonchev–Trinajstić information content (AvgIpc) is 3.40. The van der Waals surface area contributed by atoms with Gasteiger partial charge in [-0.2, -0.15) is 0 Å². The van der Waals surface area contributed by atoms with Crippen LogP contribution in [0.2, 0.25) is 0 Å². The summed E-state index contributed by atoms with van der Waals surface area (Å²) < 4.78 is 11.5. The molecule has 6 rings (SSSR count). The molecule has 2 heterocycles. The maximum Gasteiger partial charge on any atom is 0.256 e. The topological polar surface area (TPSA) is 114 Å². The quantitative estimate of drug-likeness (QED) is 0.337. The van der Waals surface area contributed by atoms with Gasteiger partial charge in [0.2, 0.25) is 5.91 Å². The first-order chi connectivity index (χ1) is 19.5. The molecule has 0 spiro atoms. The first-order valence-electron chi connectivity index (χ1n) is 13.5. The molecule has 9 nitrogen and oxygen atoms in total. The molecule has 0 saturated carbocycles. The van der Waals surface area contributed by atoms with E-state index >= 15 is 0 Å². The van der Waals surface area contributed by atoms with Gasteiger partial charge < -0.3 is 25.0 Å². The highest BCUT2D eigenvalue weighted by Crippen LogP contribution is 2.37. The Bertz CT molecular complexity index is 1550. The van der Waals surface area contributed by atoms with Gasteiger partial charge in [0, 0.05) is 48.3 Å². The van der Waals surface area contributed by atoms with Crippen molar-refractivity contribution in [1.82, 2.24) is 4.90 Å². The number of nitrogens with zero attached hydrogens (tertiary/aromatic N) is 1. The minimum absolute atomic E-state index is 0.00390. The summed E-state index contributed by atoms with van der Waals surface area (Å²) in [4.78, 5) is 53.9. The second-order valence-corrected chi connectivity index (χ2v) is 10.2. The zero-order valence-corrected chi connectivity index (χ0v) is 22.1. The number of rotatable bonds is 7. The zero-order chi connectivity index (χ0) is 27.8. The van der Waals surface area contributed by atoms with E-state index in [0.29, 0.717) is 52.5 Å². The number of ether oxygens (including phenoxy) is 2. The summed E-state index contributed by atoms with van der Waals surface area (Å²) in [5.41, 5.74) is 2.80. The molecule has 9 heteroatoms. The Morgan fingerprint density at radius 3 is 2.55 bits per heavy atom. The lowest BCUT2D eigenvalue weighted by Gasteiger charge is -2.21. The van der Waals surface area contributed by atoms with Crippen LogP contribution in [0.3, 0.4) is 0 Å². The van der Waals surface area contributed by atoms with Crippen LogP contribution >= 0.6 is 0 Å². The van der Waals surface area contributed by atoms with Crippen LogP contribution in [-0.4, -0.2) is 61.1 Å². The number of ketones is 2. The Balaban J connectivity index is 1.10. The van der Waals surface area contributed by atoms with Gasteiger partial charge in [0.1, 0.15) is 0 Å². The first-order valence-corrected chi connectivity index (χ1v) is 13.5. The van der Waals surface area contributed by atoms with E-state index in [1.165, 1.54) is 7.11 Å². The fourth-order valence-electron chi connectivity index (χ4n) is 5.73. The molecule has 2 amide bonds. The van der Waals surface area contributed by atoms with Gasteiger partial charge in [-0.1, -0.05) is 36.4 Å². The minimum atomic E-state index is -0.294. The molecule has 1 fully saturated rings. The molecule has 2 N–H and O–H groups in total. The maximum absolute atomic E-state index is 13.2. The van der Waals surface area contributed by atoms with E-state index in [4.69, 9.17) is 9.47 Å². The summed E-state index contributed by atoms with van der Waals surface area (Å²) in [7, 11) is 1.53. The van der Waals surface area contributed by atoms with Crippen molar-refractivity contribution in [2.45, 2.75) is 31.7 Å². The van der Waals surface area contributed by atoms with Crippen molar-refractivity contribution in [2.75, 3.05) is 37.4 Å². The Morgan fingerprint density at radius 1 is 0.975 bits per heavy atom. The number of amides is 2. The fraction of sp³-hybridized carbons (Fsp3) is 0.290. The Hall–Kier alpha value is -4.66. The van der Waals surface area contributed by atoms with Crippen LogP contribution in [0, 0.1) is 0 Å². The van der Waals surface area contributed by atoms with Crippen LogP contribution < -0.4 is 20.1 Å². The first kappa shape index (κ1) is 25.6. The molecule has 1 atom stereocenters. The zero-order valence-electron chi connectivity index (χ0n) is 22.1. The van der Waals surface area contributed by atoms with Crippen molar-refractivity contribution >= 4 is 34.8 Å². The van der Waals surface area contributed by atoms with E-state index in [2.05, 4.69) is 10.6 Å². The van der Waals surface area contributed by atoms with E-state index in [0.717, 1.165) is 19.4 Å². The van der Waals surface area contributed by atoms with Gasteiger partial charge in [-0.25, -0.2) is 0 Å². The molecule has 3 aromatic rings. The number of hydrogen-bond acceptors (Lipinski definition) is 7. The van der Waals surface area contributed by atoms with Gasteiger partial charge in [0.15, 0.2) is 23.1 Å². The number of hydrogen-bond donors (Lipinski definition) is 2. The molecule has 0 radical (unpaired) electrons. The third-order valence-electron chi connectivity index (χ3n) is 7.73. The highest BCUT2D eigenvalue weighted by Gasteiger charge is 2.34. The van der Waals surface area contributed by atoms with Crippen molar-refractivity contribution in [2.24, 2.45) is 0 Å².